The van der Waals surface area contributed by atoms with Gasteiger partial charge >= 0.3 is 0 Å². The van der Waals surface area contributed by atoms with Crippen LogP contribution in [0.5, 0.6) is 0 Å². The molecule has 1 aliphatic rings. The third-order valence-corrected chi connectivity index (χ3v) is 6.22. The zero-order valence-electron chi connectivity index (χ0n) is 20.9. The van der Waals surface area contributed by atoms with Crippen molar-refractivity contribution < 1.29 is 4.79 Å². The van der Waals surface area contributed by atoms with Crippen LogP contribution in [-0.2, 0) is 11.2 Å². The highest BCUT2D eigenvalue weighted by Gasteiger charge is 2.27. The number of unbranched alkanes of at least 4 members (excludes halogenated alkanes) is 4. The first-order valence-electron chi connectivity index (χ1n) is 12.6. The van der Waals surface area contributed by atoms with E-state index in [4.69, 9.17) is 0 Å². The van der Waals surface area contributed by atoms with Crippen LogP contribution in [0, 0.1) is 17.8 Å². The second-order valence-electron chi connectivity index (χ2n) is 8.65. The van der Waals surface area contributed by atoms with E-state index in [-0.39, 0.29) is 5.91 Å². The molecule has 0 aliphatic heterocycles. The summed E-state index contributed by atoms with van der Waals surface area (Å²) in [5.41, 5.74) is 1.47. The molecule has 1 amide bonds. The number of carbonyl (C=O) groups is 1. The average molecular weight is 428 g/mol. The van der Waals surface area contributed by atoms with Gasteiger partial charge in [-0.15, -0.1) is 13.2 Å². The largest absolute Gasteiger partial charge is 0.356 e. The summed E-state index contributed by atoms with van der Waals surface area (Å²) in [5, 5.41) is 2.78. The number of carbonyl (C=O) groups excluding carboxylic acids is 1. The monoisotopic (exact) mass is 427 g/mol. The predicted octanol–water partition coefficient (Wildman–Crippen LogP) is 8.14. The van der Waals surface area contributed by atoms with Crippen molar-refractivity contribution in [3.05, 3.63) is 61.2 Å². The van der Waals surface area contributed by atoms with Crippen LogP contribution in [0.1, 0.15) is 91.0 Å². The Morgan fingerprint density at radius 3 is 2.32 bits per heavy atom. The van der Waals surface area contributed by atoms with Crippen molar-refractivity contribution in [2.45, 2.75) is 91.9 Å². The van der Waals surface area contributed by atoms with Crippen LogP contribution in [-0.4, -0.2) is 12.5 Å². The van der Waals surface area contributed by atoms with E-state index >= 15 is 0 Å². The van der Waals surface area contributed by atoms with Gasteiger partial charge in [0.2, 0.25) is 5.91 Å². The normalized spacial score (nSPS) is 19.8. The maximum absolute atomic E-state index is 10.9. The number of benzene rings is 1. The van der Waals surface area contributed by atoms with Crippen molar-refractivity contribution in [1.29, 1.82) is 0 Å². The highest BCUT2D eigenvalue weighted by atomic mass is 16.1. The lowest BCUT2D eigenvalue weighted by Crippen LogP contribution is -2.21. The Kier molecular flexibility index (Phi) is 18.9. The summed E-state index contributed by atoms with van der Waals surface area (Å²) in [6.45, 7) is 15.7. The molecule has 0 aromatic heterocycles. The van der Waals surface area contributed by atoms with Crippen LogP contribution < -0.4 is 5.32 Å². The van der Waals surface area contributed by atoms with Crippen LogP contribution in [0.2, 0.25) is 0 Å². The van der Waals surface area contributed by atoms with Gasteiger partial charge in [0.05, 0.1) is 0 Å². The van der Waals surface area contributed by atoms with E-state index in [2.05, 4.69) is 81.7 Å². The SMILES string of the molecule is C=C.CC1CCC(/C=C/CCCc2ccccc2)C1C.CCCCCCC(=O)NCC. The van der Waals surface area contributed by atoms with E-state index in [0.717, 1.165) is 30.7 Å². The minimum absolute atomic E-state index is 0.198. The fourth-order valence-corrected chi connectivity index (χ4v) is 4.01. The van der Waals surface area contributed by atoms with Crippen LogP contribution in [0.3, 0.4) is 0 Å². The van der Waals surface area contributed by atoms with Crippen molar-refractivity contribution in [2.24, 2.45) is 17.8 Å². The average Bonchev–Trinajstić information content (AvgIpc) is 3.11. The Balaban J connectivity index is 0.000000599. The van der Waals surface area contributed by atoms with Crippen molar-refractivity contribution in [3.63, 3.8) is 0 Å². The second-order valence-corrected chi connectivity index (χ2v) is 8.65. The van der Waals surface area contributed by atoms with Crippen LogP contribution in [0.4, 0.5) is 0 Å². The molecule has 176 valence electrons. The molecular formula is C29H49NO. The van der Waals surface area contributed by atoms with Gasteiger partial charge in [-0.25, -0.2) is 0 Å². The molecule has 1 aromatic carbocycles. The van der Waals surface area contributed by atoms with Crippen molar-refractivity contribution in [1.82, 2.24) is 5.32 Å². The Morgan fingerprint density at radius 1 is 1.03 bits per heavy atom. The molecule has 1 aromatic rings. The topological polar surface area (TPSA) is 29.1 Å². The molecular weight excluding hydrogens is 378 g/mol. The van der Waals surface area contributed by atoms with Gasteiger partial charge in [0, 0.05) is 13.0 Å². The number of aryl methyl sites for hydroxylation is 1. The molecule has 0 spiro atoms. The Morgan fingerprint density at radius 2 is 1.74 bits per heavy atom. The summed E-state index contributed by atoms with van der Waals surface area (Å²) in [4.78, 5) is 10.9. The summed E-state index contributed by atoms with van der Waals surface area (Å²) in [7, 11) is 0. The molecule has 2 heteroatoms. The van der Waals surface area contributed by atoms with Crippen LogP contribution in [0.15, 0.2) is 55.6 Å². The van der Waals surface area contributed by atoms with Gasteiger partial charge in [0.1, 0.15) is 0 Å². The molecule has 1 fully saturated rings. The number of amides is 1. The lowest BCUT2D eigenvalue weighted by Gasteiger charge is -2.13. The van der Waals surface area contributed by atoms with E-state index in [1.54, 1.807) is 0 Å². The third-order valence-electron chi connectivity index (χ3n) is 6.22. The zero-order valence-corrected chi connectivity index (χ0v) is 20.9. The molecule has 0 heterocycles. The molecule has 0 saturated heterocycles. The molecule has 0 bridgehead atoms. The number of rotatable bonds is 11. The summed E-state index contributed by atoms with van der Waals surface area (Å²) in [6.07, 6.45) is 16.8. The zero-order chi connectivity index (χ0) is 23.3. The first-order chi connectivity index (χ1) is 15.1. The molecule has 31 heavy (non-hydrogen) atoms. The Labute approximate surface area is 193 Å². The van der Waals surface area contributed by atoms with E-state index in [1.165, 1.54) is 56.9 Å². The first kappa shape index (κ1) is 29.2. The van der Waals surface area contributed by atoms with Crippen LogP contribution in [0.25, 0.3) is 0 Å². The second kappa shape index (κ2) is 20.1. The molecule has 2 rings (SSSR count). The summed E-state index contributed by atoms with van der Waals surface area (Å²) >= 11 is 0. The first-order valence-corrected chi connectivity index (χ1v) is 12.6. The quantitative estimate of drug-likeness (QED) is 0.280. The van der Waals surface area contributed by atoms with Gasteiger partial charge in [-0.2, -0.15) is 0 Å². The molecule has 1 aliphatic carbocycles. The van der Waals surface area contributed by atoms with Gasteiger partial charge in [0.25, 0.3) is 0 Å². The highest BCUT2D eigenvalue weighted by Crippen LogP contribution is 2.37. The smallest absolute Gasteiger partial charge is 0.219 e. The Hall–Kier alpha value is -1.83. The van der Waals surface area contributed by atoms with Crippen molar-refractivity contribution in [2.75, 3.05) is 6.54 Å². The summed E-state index contributed by atoms with van der Waals surface area (Å²) in [5.74, 6) is 2.85. The lowest BCUT2D eigenvalue weighted by atomic mass is 9.92. The van der Waals surface area contributed by atoms with Crippen LogP contribution >= 0.6 is 0 Å². The molecule has 1 N–H and O–H groups in total. The van der Waals surface area contributed by atoms with Gasteiger partial charge in [-0.05, 0) is 68.8 Å². The number of hydrogen-bond donors (Lipinski definition) is 1. The molecule has 3 atom stereocenters. The highest BCUT2D eigenvalue weighted by molar-refractivity contribution is 5.75. The van der Waals surface area contributed by atoms with E-state index in [9.17, 15) is 4.79 Å². The Bertz CT molecular complexity index is 565. The number of allylic oxidation sites excluding steroid dienone is 2. The van der Waals surface area contributed by atoms with E-state index < -0.39 is 0 Å². The maximum atomic E-state index is 10.9. The maximum Gasteiger partial charge on any atom is 0.219 e. The lowest BCUT2D eigenvalue weighted by molar-refractivity contribution is -0.121. The van der Waals surface area contributed by atoms with Crippen molar-refractivity contribution >= 4 is 5.91 Å². The number of hydrogen-bond acceptors (Lipinski definition) is 1. The van der Waals surface area contributed by atoms with Gasteiger partial charge < -0.3 is 5.32 Å². The van der Waals surface area contributed by atoms with Gasteiger partial charge in [-0.3, -0.25) is 4.79 Å². The van der Waals surface area contributed by atoms with E-state index in [0.29, 0.717) is 6.42 Å². The predicted molar refractivity (Wildman–Crippen MR) is 138 cm³/mol. The molecule has 3 unspecified atom stereocenters. The van der Waals surface area contributed by atoms with Gasteiger partial charge in [-0.1, -0.05) is 82.5 Å². The molecule has 1 saturated carbocycles. The van der Waals surface area contributed by atoms with E-state index in [1.807, 2.05) is 6.92 Å². The summed E-state index contributed by atoms with van der Waals surface area (Å²) in [6, 6.07) is 10.8. The fraction of sp³-hybridized carbons (Fsp3) is 0.621. The molecule has 2 nitrogen and oxygen atoms in total. The fourth-order valence-electron chi connectivity index (χ4n) is 4.01. The molecule has 0 radical (unpaired) electrons. The third kappa shape index (κ3) is 14.7. The minimum atomic E-state index is 0.198. The number of nitrogens with one attached hydrogen (secondary N) is 1. The van der Waals surface area contributed by atoms with Gasteiger partial charge in [0.15, 0.2) is 0 Å². The summed E-state index contributed by atoms with van der Waals surface area (Å²) < 4.78 is 0. The van der Waals surface area contributed by atoms with Crippen molar-refractivity contribution in [3.8, 4) is 0 Å². The minimum Gasteiger partial charge on any atom is -0.356 e. The standard InChI is InChI=1S/C18H26.C9H19NO.C2H4/c1-15-13-14-18(16(15)2)12-8-4-7-11-17-9-5-3-6-10-17;1-3-5-6-7-8-9(11)10-4-2;1-2/h3,5-6,8-10,12,15-16,18H,4,7,11,13-14H2,1-2H3;3-8H2,1-2H3,(H,10,11);1-2H2/b12-8+;;.